The van der Waals surface area contributed by atoms with E-state index in [9.17, 15) is 9.59 Å². The topological polar surface area (TPSA) is 55.8 Å². The molecular formula is C17H20ClNO4. The average Bonchev–Trinajstić information content (AvgIpc) is 2.54. The molecule has 1 amide bonds. The molecule has 0 aromatic heterocycles. The number of methoxy groups -OCH3 is 1. The van der Waals surface area contributed by atoms with Crippen molar-refractivity contribution in [2.45, 2.75) is 37.2 Å². The van der Waals surface area contributed by atoms with Crippen LogP contribution >= 0.6 is 11.6 Å². The van der Waals surface area contributed by atoms with E-state index in [0.717, 1.165) is 0 Å². The van der Waals surface area contributed by atoms with Gasteiger partial charge in [-0.2, -0.15) is 0 Å². The van der Waals surface area contributed by atoms with Crippen molar-refractivity contribution in [2.75, 3.05) is 20.2 Å². The van der Waals surface area contributed by atoms with E-state index in [0.29, 0.717) is 49.4 Å². The molecule has 0 saturated carbocycles. The van der Waals surface area contributed by atoms with Crippen molar-refractivity contribution in [1.29, 1.82) is 0 Å². The van der Waals surface area contributed by atoms with Crippen molar-refractivity contribution < 1.29 is 19.1 Å². The molecule has 2 aliphatic heterocycles. The van der Waals surface area contributed by atoms with E-state index in [1.807, 2.05) is 0 Å². The molecule has 5 nitrogen and oxygen atoms in total. The minimum atomic E-state index is -0.522. The van der Waals surface area contributed by atoms with Crippen LogP contribution in [0.5, 0.6) is 11.5 Å². The summed E-state index contributed by atoms with van der Waals surface area (Å²) in [7, 11) is 1.57. The van der Waals surface area contributed by atoms with Crippen LogP contribution in [0.1, 0.15) is 36.5 Å². The zero-order valence-corrected chi connectivity index (χ0v) is 14.1. The molecule has 2 aliphatic rings. The van der Waals surface area contributed by atoms with Gasteiger partial charge in [0.2, 0.25) is 5.91 Å². The molecule has 0 bridgehead atoms. The molecule has 23 heavy (non-hydrogen) atoms. The number of benzene rings is 1. The second-order valence-corrected chi connectivity index (χ2v) is 6.84. The fourth-order valence-electron chi connectivity index (χ4n) is 3.27. The van der Waals surface area contributed by atoms with Crippen molar-refractivity contribution in [3.05, 3.63) is 23.8 Å². The molecule has 1 atom stereocenters. The SMILES string of the molecule is COc1ccc2c(c1)C(=O)CC1(CCN(C(=O)C(C)Cl)CC1)O2. The van der Waals surface area contributed by atoms with Crippen LogP contribution in [-0.2, 0) is 4.79 Å². The van der Waals surface area contributed by atoms with Crippen LogP contribution in [0.25, 0.3) is 0 Å². The van der Waals surface area contributed by atoms with Gasteiger partial charge in [0.1, 0.15) is 22.5 Å². The Balaban J connectivity index is 1.76. The number of hydrogen-bond acceptors (Lipinski definition) is 4. The number of rotatable bonds is 2. The molecule has 1 unspecified atom stereocenters. The zero-order valence-electron chi connectivity index (χ0n) is 13.3. The van der Waals surface area contributed by atoms with Gasteiger partial charge in [-0.05, 0) is 25.1 Å². The number of ketones is 1. The quantitative estimate of drug-likeness (QED) is 0.778. The summed E-state index contributed by atoms with van der Waals surface area (Å²) in [6.45, 7) is 2.81. The molecule has 0 radical (unpaired) electrons. The summed E-state index contributed by atoms with van der Waals surface area (Å²) in [5.74, 6) is 1.25. The van der Waals surface area contributed by atoms with E-state index in [-0.39, 0.29) is 11.7 Å². The summed E-state index contributed by atoms with van der Waals surface area (Å²) in [5, 5.41) is -0.522. The highest BCUT2D eigenvalue weighted by Crippen LogP contribution is 2.40. The van der Waals surface area contributed by atoms with Gasteiger partial charge in [-0.15, -0.1) is 11.6 Å². The number of piperidine rings is 1. The predicted molar refractivity (Wildman–Crippen MR) is 86.4 cm³/mol. The second-order valence-electron chi connectivity index (χ2n) is 6.19. The highest BCUT2D eigenvalue weighted by atomic mass is 35.5. The van der Waals surface area contributed by atoms with Crippen molar-refractivity contribution in [3.8, 4) is 11.5 Å². The smallest absolute Gasteiger partial charge is 0.240 e. The van der Waals surface area contributed by atoms with Crippen LogP contribution in [0.15, 0.2) is 18.2 Å². The molecule has 124 valence electrons. The van der Waals surface area contributed by atoms with E-state index in [4.69, 9.17) is 21.1 Å². The lowest BCUT2D eigenvalue weighted by atomic mass is 9.82. The normalized spacial score (nSPS) is 20.7. The Labute approximate surface area is 140 Å². The van der Waals surface area contributed by atoms with E-state index in [1.165, 1.54) is 0 Å². The Hall–Kier alpha value is -1.75. The van der Waals surface area contributed by atoms with Gasteiger partial charge in [-0.3, -0.25) is 9.59 Å². The van der Waals surface area contributed by atoms with Crippen LogP contribution in [-0.4, -0.2) is 47.8 Å². The number of hydrogen-bond donors (Lipinski definition) is 0. The first kappa shape index (κ1) is 16.1. The highest BCUT2D eigenvalue weighted by molar-refractivity contribution is 6.30. The average molecular weight is 338 g/mol. The van der Waals surface area contributed by atoms with Gasteiger partial charge >= 0.3 is 0 Å². The molecule has 1 aromatic rings. The van der Waals surface area contributed by atoms with Crippen molar-refractivity contribution in [3.63, 3.8) is 0 Å². The van der Waals surface area contributed by atoms with Gasteiger partial charge in [0.25, 0.3) is 0 Å². The summed E-state index contributed by atoms with van der Waals surface area (Å²) in [6.07, 6.45) is 1.62. The van der Waals surface area contributed by atoms with Crippen LogP contribution in [0.3, 0.4) is 0 Å². The fourth-order valence-corrected chi connectivity index (χ4v) is 3.40. The number of nitrogens with zero attached hydrogens (tertiary/aromatic N) is 1. The van der Waals surface area contributed by atoms with Gasteiger partial charge < -0.3 is 14.4 Å². The second kappa shape index (κ2) is 6.04. The first-order valence-corrected chi connectivity index (χ1v) is 8.21. The van der Waals surface area contributed by atoms with Crippen LogP contribution in [0.2, 0.25) is 0 Å². The summed E-state index contributed by atoms with van der Waals surface area (Å²) < 4.78 is 11.3. The Morgan fingerprint density at radius 3 is 2.70 bits per heavy atom. The minimum absolute atomic E-state index is 0.0613. The number of alkyl halides is 1. The summed E-state index contributed by atoms with van der Waals surface area (Å²) in [6, 6.07) is 5.29. The minimum Gasteiger partial charge on any atom is -0.497 e. The number of likely N-dealkylation sites (tertiary alicyclic amines) is 1. The van der Waals surface area contributed by atoms with Gasteiger partial charge in [0.05, 0.1) is 19.1 Å². The van der Waals surface area contributed by atoms with Crippen molar-refractivity contribution in [1.82, 2.24) is 4.90 Å². The number of carbonyl (C=O) groups is 2. The maximum atomic E-state index is 12.5. The van der Waals surface area contributed by atoms with Crippen molar-refractivity contribution in [2.24, 2.45) is 0 Å². The standard InChI is InChI=1S/C17H20ClNO4/c1-11(18)16(21)19-7-5-17(6-8-19)10-14(20)13-9-12(22-2)3-4-15(13)23-17/h3-4,9,11H,5-8,10H2,1-2H3. The molecule has 1 aromatic carbocycles. The number of Topliss-reactive ketones (excluding diaryl/α,β-unsaturated/α-hetero) is 1. The molecule has 3 rings (SSSR count). The maximum Gasteiger partial charge on any atom is 0.240 e. The lowest BCUT2D eigenvalue weighted by molar-refractivity contribution is -0.134. The molecule has 2 heterocycles. The van der Waals surface area contributed by atoms with Gasteiger partial charge in [0, 0.05) is 25.9 Å². The molecule has 0 N–H and O–H groups in total. The Morgan fingerprint density at radius 1 is 1.39 bits per heavy atom. The Kier molecular flexibility index (Phi) is 4.23. The monoisotopic (exact) mass is 337 g/mol. The fraction of sp³-hybridized carbons (Fsp3) is 0.529. The number of halogens is 1. The first-order valence-electron chi connectivity index (χ1n) is 7.77. The molecule has 1 fully saturated rings. The maximum absolute atomic E-state index is 12.5. The summed E-state index contributed by atoms with van der Waals surface area (Å²) in [5.41, 5.74) is 0.0632. The van der Waals surface area contributed by atoms with E-state index in [2.05, 4.69) is 0 Å². The van der Waals surface area contributed by atoms with Gasteiger partial charge in [-0.25, -0.2) is 0 Å². The van der Waals surface area contributed by atoms with E-state index < -0.39 is 11.0 Å². The van der Waals surface area contributed by atoms with E-state index in [1.54, 1.807) is 37.1 Å². The summed E-state index contributed by atoms with van der Waals surface area (Å²) in [4.78, 5) is 26.2. The number of fused-ring (bicyclic) bond motifs is 1. The third-order valence-corrected chi connectivity index (χ3v) is 4.81. The zero-order chi connectivity index (χ0) is 16.6. The molecular weight excluding hydrogens is 318 g/mol. The van der Waals surface area contributed by atoms with Crippen LogP contribution < -0.4 is 9.47 Å². The Morgan fingerprint density at radius 2 is 2.09 bits per heavy atom. The van der Waals surface area contributed by atoms with Gasteiger partial charge in [-0.1, -0.05) is 0 Å². The van der Waals surface area contributed by atoms with Crippen molar-refractivity contribution >= 4 is 23.3 Å². The molecule has 1 spiro atoms. The third-order valence-electron chi connectivity index (χ3n) is 4.62. The number of amides is 1. The number of ether oxygens (including phenoxy) is 2. The van der Waals surface area contributed by atoms with E-state index >= 15 is 0 Å². The lowest BCUT2D eigenvalue weighted by Crippen LogP contribution is -2.53. The Bertz CT molecular complexity index is 635. The molecule has 1 saturated heterocycles. The summed E-state index contributed by atoms with van der Waals surface area (Å²) >= 11 is 5.87. The first-order chi connectivity index (χ1) is 10.9. The predicted octanol–water partition coefficient (Wildman–Crippen LogP) is 2.65. The number of carbonyl (C=O) groups excluding carboxylic acids is 2. The van der Waals surface area contributed by atoms with Crippen LogP contribution in [0, 0.1) is 0 Å². The molecule has 6 heteroatoms. The largest absolute Gasteiger partial charge is 0.497 e. The lowest BCUT2D eigenvalue weighted by Gasteiger charge is -2.44. The van der Waals surface area contributed by atoms with Crippen LogP contribution in [0.4, 0.5) is 0 Å². The molecule has 0 aliphatic carbocycles. The third kappa shape index (κ3) is 3.02. The highest BCUT2D eigenvalue weighted by Gasteiger charge is 2.44. The van der Waals surface area contributed by atoms with Gasteiger partial charge in [0.15, 0.2) is 5.78 Å².